The van der Waals surface area contributed by atoms with Gasteiger partial charge in [-0.25, -0.2) is 9.18 Å². The van der Waals surface area contributed by atoms with E-state index in [2.05, 4.69) is 11.9 Å². The van der Waals surface area contributed by atoms with Gasteiger partial charge in [0.05, 0.1) is 6.54 Å². The van der Waals surface area contributed by atoms with Gasteiger partial charge in [-0.2, -0.15) is 0 Å². The molecule has 1 N–H and O–H groups in total. The standard InChI is InChI=1S/C25H26FN3O2S/c1-2-14-28(25(31)27-16-20-7-4-3-5-8-20)19-24(30)29(18-23-9-6-15-32-23)17-21-10-12-22(26)13-11-21/h2-13,15H,1,14,16-19H2,(H,27,31). The Morgan fingerprint density at radius 2 is 1.69 bits per heavy atom. The van der Waals surface area contributed by atoms with E-state index in [0.717, 1.165) is 16.0 Å². The van der Waals surface area contributed by atoms with Crippen LogP contribution in [0.15, 0.2) is 84.8 Å². The number of halogens is 1. The Kier molecular flexibility index (Phi) is 8.57. The number of hydrogen-bond donors (Lipinski definition) is 1. The number of urea groups is 1. The summed E-state index contributed by atoms with van der Waals surface area (Å²) < 4.78 is 13.3. The van der Waals surface area contributed by atoms with E-state index in [1.807, 2.05) is 47.8 Å². The smallest absolute Gasteiger partial charge is 0.318 e. The van der Waals surface area contributed by atoms with Gasteiger partial charge in [-0.3, -0.25) is 4.79 Å². The summed E-state index contributed by atoms with van der Waals surface area (Å²) in [6, 6.07) is 19.2. The highest BCUT2D eigenvalue weighted by Gasteiger charge is 2.21. The molecular weight excluding hydrogens is 425 g/mol. The second-order valence-electron chi connectivity index (χ2n) is 7.27. The van der Waals surface area contributed by atoms with Crippen LogP contribution in [0.4, 0.5) is 9.18 Å². The summed E-state index contributed by atoms with van der Waals surface area (Å²) in [6.07, 6.45) is 1.60. The molecule has 0 fully saturated rings. The first-order valence-electron chi connectivity index (χ1n) is 10.3. The lowest BCUT2D eigenvalue weighted by molar-refractivity contribution is -0.133. The number of rotatable bonds is 10. The van der Waals surface area contributed by atoms with Gasteiger partial charge < -0.3 is 15.1 Å². The van der Waals surface area contributed by atoms with Crippen molar-refractivity contribution in [2.24, 2.45) is 0 Å². The molecule has 32 heavy (non-hydrogen) atoms. The fourth-order valence-corrected chi connectivity index (χ4v) is 3.88. The molecule has 7 heteroatoms. The zero-order valence-electron chi connectivity index (χ0n) is 17.7. The average Bonchev–Trinajstić information content (AvgIpc) is 3.32. The highest BCUT2D eigenvalue weighted by atomic mass is 32.1. The molecule has 0 saturated carbocycles. The second kappa shape index (κ2) is 11.8. The van der Waals surface area contributed by atoms with Crippen LogP contribution in [0.2, 0.25) is 0 Å². The summed E-state index contributed by atoms with van der Waals surface area (Å²) in [5.41, 5.74) is 1.79. The van der Waals surface area contributed by atoms with E-state index in [4.69, 9.17) is 0 Å². The monoisotopic (exact) mass is 451 g/mol. The first kappa shape index (κ1) is 23.2. The zero-order valence-corrected chi connectivity index (χ0v) is 18.6. The number of carbonyl (C=O) groups excluding carboxylic acids is 2. The quantitative estimate of drug-likeness (QED) is 0.450. The summed E-state index contributed by atoms with van der Waals surface area (Å²) in [7, 11) is 0. The maximum Gasteiger partial charge on any atom is 0.318 e. The van der Waals surface area contributed by atoms with Gasteiger partial charge in [0, 0.05) is 24.5 Å². The van der Waals surface area contributed by atoms with Crippen LogP contribution < -0.4 is 5.32 Å². The molecule has 5 nitrogen and oxygen atoms in total. The first-order valence-corrected chi connectivity index (χ1v) is 11.2. The van der Waals surface area contributed by atoms with Crippen LogP contribution >= 0.6 is 11.3 Å². The predicted octanol–water partition coefficient (Wildman–Crippen LogP) is 4.81. The van der Waals surface area contributed by atoms with Crippen LogP contribution in [-0.2, 0) is 24.4 Å². The molecule has 166 valence electrons. The topological polar surface area (TPSA) is 52.7 Å². The molecule has 1 aromatic heterocycles. The van der Waals surface area contributed by atoms with E-state index in [-0.39, 0.29) is 30.8 Å². The molecule has 3 rings (SSSR count). The van der Waals surface area contributed by atoms with Gasteiger partial charge in [-0.15, -0.1) is 17.9 Å². The molecule has 0 radical (unpaired) electrons. The molecule has 0 spiro atoms. The van der Waals surface area contributed by atoms with Gasteiger partial charge in [0.15, 0.2) is 0 Å². The third-order valence-electron chi connectivity index (χ3n) is 4.82. The van der Waals surface area contributed by atoms with Crippen molar-refractivity contribution in [1.82, 2.24) is 15.1 Å². The molecule has 3 amide bonds. The Balaban J connectivity index is 1.68. The summed E-state index contributed by atoms with van der Waals surface area (Å²) >= 11 is 1.56. The van der Waals surface area contributed by atoms with Crippen LogP contribution in [0.1, 0.15) is 16.0 Å². The average molecular weight is 452 g/mol. The van der Waals surface area contributed by atoms with E-state index < -0.39 is 0 Å². The maximum absolute atomic E-state index is 13.3. The van der Waals surface area contributed by atoms with Crippen molar-refractivity contribution in [2.75, 3.05) is 13.1 Å². The van der Waals surface area contributed by atoms with Gasteiger partial charge in [0.2, 0.25) is 5.91 Å². The summed E-state index contributed by atoms with van der Waals surface area (Å²) in [5.74, 6) is -0.517. The Labute approximate surface area is 191 Å². The first-order chi connectivity index (χ1) is 15.5. The van der Waals surface area contributed by atoms with Crippen molar-refractivity contribution in [3.63, 3.8) is 0 Å². The van der Waals surface area contributed by atoms with Gasteiger partial charge in [0.25, 0.3) is 0 Å². The Hall–Kier alpha value is -3.45. The molecular formula is C25H26FN3O2S. The fraction of sp³-hybridized carbons (Fsp3) is 0.200. The lowest BCUT2D eigenvalue weighted by atomic mass is 10.2. The largest absolute Gasteiger partial charge is 0.334 e. The molecule has 0 bridgehead atoms. The molecule has 0 aliphatic rings. The molecule has 3 aromatic rings. The number of hydrogen-bond acceptors (Lipinski definition) is 3. The Morgan fingerprint density at radius 3 is 2.34 bits per heavy atom. The lowest BCUT2D eigenvalue weighted by Gasteiger charge is -2.27. The van der Waals surface area contributed by atoms with E-state index in [1.54, 1.807) is 34.4 Å². The number of benzene rings is 2. The maximum atomic E-state index is 13.3. The van der Waals surface area contributed by atoms with E-state index in [0.29, 0.717) is 19.6 Å². The summed E-state index contributed by atoms with van der Waals surface area (Å²) in [4.78, 5) is 30.1. The summed E-state index contributed by atoms with van der Waals surface area (Å²) in [6.45, 7) is 4.98. The van der Waals surface area contributed by atoms with Crippen LogP contribution in [-0.4, -0.2) is 34.8 Å². The molecule has 0 aliphatic heterocycles. The molecule has 0 aliphatic carbocycles. The van der Waals surface area contributed by atoms with Crippen molar-refractivity contribution in [3.8, 4) is 0 Å². The molecule has 0 atom stereocenters. The van der Waals surface area contributed by atoms with Crippen LogP contribution in [0.5, 0.6) is 0 Å². The normalized spacial score (nSPS) is 10.4. The molecule has 0 saturated heterocycles. The highest BCUT2D eigenvalue weighted by Crippen LogP contribution is 2.16. The van der Waals surface area contributed by atoms with Gasteiger partial charge >= 0.3 is 6.03 Å². The highest BCUT2D eigenvalue weighted by molar-refractivity contribution is 7.09. The molecule has 2 aromatic carbocycles. The van der Waals surface area contributed by atoms with Crippen molar-refractivity contribution in [3.05, 3.63) is 107 Å². The summed E-state index contributed by atoms with van der Waals surface area (Å²) in [5, 5.41) is 4.81. The zero-order chi connectivity index (χ0) is 22.8. The third kappa shape index (κ3) is 7.06. The number of thiophene rings is 1. The lowest BCUT2D eigenvalue weighted by Crippen LogP contribution is -2.46. The van der Waals surface area contributed by atoms with E-state index >= 15 is 0 Å². The Morgan fingerprint density at radius 1 is 0.938 bits per heavy atom. The number of nitrogens with one attached hydrogen (secondary N) is 1. The Bertz CT molecular complexity index is 1010. The predicted molar refractivity (Wildman–Crippen MR) is 125 cm³/mol. The third-order valence-corrected chi connectivity index (χ3v) is 5.68. The number of nitrogens with zero attached hydrogens (tertiary/aromatic N) is 2. The SMILES string of the molecule is C=CCN(CC(=O)N(Cc1ccc(F)cc1)Cc1cccs1)C(=O)NCc1ccccc1. The van der Waals surface area contributed by atoms with E-state index in [1.165, 1.54) is 17.0 Å². The van der Waals surface area contributed by atoms with Crippen LogP contribution in [0, 0.1) is 5.82 Å². The van der Waals surface area contributed by atoms with Crippen molar-refractivity contribution in [1.29, 1.82) is 0 Å². The van der Waals surface area contributed by atoms with Crippen molar-refractivity contribution in [2.45, 2.75) is 19.6 Å². The molecule has 1 heterocycles. The van der Waals surface area contributed by atoms with Crippen LogP contribution in [0.3, 0.4) is 0 Å². The number of amides is 3. The van der Waals surface area contributed by atoms with Crippen molar-refractivity contribution >= 4 is 23.3 Å². The fourth-order valence-electron chi connectivity index (χ4n) is 3.16. The minimum atomic E-state index is -0.333. The van der Waals surface area contributed by atoms with Gasteiger partial charge in [-0.1, -0.05) is 54.6 Å². The minimum absolute atomic E-state index is 0.0841. The molecule has 0 unspecified atom stereocenters. The van der Waals surface area contributed by atoms with Crippen LogP contribution in [0.25, 0.3) is 0 Å². The second-order valence-corrected chi connectivity index (χ2v) is 8.30. The minimum Gasteiger partial charge on any atom is -0.334 e. The van der Waals surface area contributed by atoms with Gasteiger partial charge in [0.1, 0.15) is 12.4 Å². The van der Waals surface area contributed by atoms with E-state index in [9.17, 15) is 14.0 Å². The van der Waals surface area contributed by atoms with Crippen molar-refractivity contribution < 1.29 is 14.0 Å². The number of carbonyl (C=O) groups is 2. The van der Waals surface area contributed by atoms with Gasteiger partial charge in [-0.05, 0) is 34.7 Å².